The lowest BCUT2D eigenvalue weighted by Crippen LogP contribution is -2.31. The molecule has 2 aromatic heterocycles. The molecule has 196 valence electrons. The zero-order valence-corrected chi connectivity index (χ0v) is 21.7. The van der Waals surface area contributed by atoms with Gasteiger partial charge in [0.05, 0.1) is 33.9 Å². The number of aldehydes is 1. The number of pyridine rings is 1. The van der Waals surface area contributed by atoms with Gasteiger partial charge in [0.1, 0.15) is 5.58 Å². The molecule has 0 aliphatic carbocycles. The van der Waals surface area contributed by atoms with Gasteiger partial charge < -0.3 is 19.7 Å². The fourth-order valence-electron chi connectivity index (χ4n) is 5.19. The number of aryl methyl sites for hydroxylation is 1. The number of aromatic nitrogens is 1. The molecule has 0 spiro atoms. The van der Waals surface area contributed by atoms with Gasteiger partial charge in [-0.1, -0.05) is 6.07 Å². The molecule has 7 nitrogen and oxygen atoms in total. The highest BCUT2D eigenvalue weighted by atomic mass is 19.1. The second-order valence-electron chi connectivity index (χ2n) is 9.92. The Kier molecular flexibility index (Phi) is 6.89. The molecule has 2 N–H and O–H groups in total. The number of benzene rings is 2. The third kappa shape index (κ3) is 4.62. The van der Waals surface area contributed by atoms with Gasteiger partial charge >= 0.3 is 0 Å². The van der Waals surface area contributed by atoms with E-state index in [0.29, 0.717) is 45.6 Å². The first-order valence-corrected chi connectivity index (χ1v) is 12.8. The minimum Gasteiger partial charge on any atom is -0.504 e. The van der Waals surface area contributed by atoms with E-state index in [0.717, 1.165) is 43.1 Å². The van der Waals surface area contributed by atoms with Gasteiger partial charge in [-0.3, -0.25) is 14.6 Å². The van der Waals surface area contributed by atoms with Crippen LogP contribution in [0.2, 0.25) is 0 Å². The Morgan fingerprint density at radius 2 is 1.92 bits per heavy atom. The SMILES string of the molecule is Cc1cc(C(C)Nc2cccnc2-c2cc(F)c(O)c(C=O)c2)c2oc(N3CCCCC3)c(C)c(=O)c2c1. The molecule has 0 radical (unpaired) electrons. The summed E-state index contributed by atoms with van der Waals surface area (Å²) < 4.78 is 20.8. The Morgan fingerprint density at radius 3 is 2.66 bits per heavy atom. The van der Waals surface area contributed by atoms with Crippen LogP contribution in [0.25, 0.3) is 22.2 Å². The number of phenolic OH excluding ortho intramolecular Hbond substituents is 1. The van der Waals surface area contributed by atoms with E-state index in [1.54, 1.807) is 12.3 Å². The maximum absolute atomic E-state index is 14.3. The van der Waals surface area contributed by atoms with E-state index in [-0.39, 0.29) is 17.0 Å². The van der Waals surface area contributed by atoms with Gasteiger partial charge in [-0.25, -0.2) is 4.39 Å². The number of hydrogen-bond donors (Lipinski definition) is 2. The maximum Gasteiger partial charge on any atom is 0.202 e. The highest BCUT2D eigenvalue weighted by Gasteiger charge is 2.23. The van der Waals surface area contributed by atoms with Crippen LogP contribution >= 0.6 is 0 Å². The Hall–Kier alpha value is -4.20. The molecule has 38 heavy (non-hydrogen) atoms. The molecule has 0 bridgehead atoms. The topological polar surface area (TPSA) is 95.7 Å². The smallest absolute Gasteiger partial charge is 0.202 e. The van der Waals surface area contributed by atoms with Crippen molar-refractivity contribution in [1.29, 1.82) is 0 Å². The van der Waals surface area contributed by atoms with Crippen LogP contribution in [0.15, 0.2) is 51.8 Å². The van der Waals surface area contributed by atoms with Crippen molar-refractivity contribution in [2.24, 2.45) is 0 Å². The van der Waals surface area contributed by atoms with Gasteiger partial charge in [-0.05, 0) is 75.9 Å². The minimum absolute atomic E-state index is 0.0352. The highest BCUT2D eigenvalue weighted by molar-refractivity contribution is 5.86. The zero-order chi connectivity index (χ0) is 27.0. The van der Waals surface area contributed by atoms with Crippen molar-refractivity contribution in [3.8, 4) is 17.0 Å². The van der Waals surface area contributed by atoms with Crippen molar-refractivity contribution in [3.05, 3.63) is 80.9 Å². The van der Waals surface area contributed by atoms with Crippen molar-refractivity contribution in [2.45, 2.75) is 46.1 Å². The van der Waals surface area contributed by atoms with Gasteiger partial charge in [0.15, 0.2) is 23.3 Å². The number of nitrogens with zero attached hydrogens (tertiary/aromatic N) is 2. The number of aromatic hydroxyl groups is 1. The van der Waals surface area contributed by atoms with Crippen LogP contribution in [-0.4, -0.2) is 29.5 Å². The molecule has 1 fully saturated rings. The predicted octanol–water partition coefficient (Wildman–Crippen LogP) is 6.29. The third-order valence-electron chi connectivity index (χ3n) is 7.15. The van der Waals surface area contributed by atoms with Crippen molar-refractivity contribution in [2.75, 3.05) is 23.3 Å². The number of hydrogen-bond acceptors (Lipinski definition) is 7. The van der Waals surface area contributed by atoms with Crippen LogP contribution in [-0.2, 0) is 0 Å². The van der Waals surface area contributed by atoms with E-state index in [9.17, 15) is 19.1 Å². The maximum atomic E-state index is 14.3. The molecule has 1 aliphatic heterocycles. The lowest BCUT2D eigenvalue weighted by atomic mass is 9.99. The molecule has 8 heteroatoms. The van der Waals surface area contributed by atoms with E-state index in [1.807, 2.05) is 39.0 Å². The second-order valence-corrected chi connectivity index (χ2v) is 9.92. The molecule has 1 atom stereocenters. The van der Waals surface area contributed by atoms with Crippen LogP contribution in [0.1, 0.15) is 59.3 Å². The van der Waals surface area contributed by atoms with Crippen molar-refractivity contribution < 1.29 is 18.7 Å². The van der Waals surface area contributed by atoms with Crippen molar-refractivity contribution in [1.82, 2.24) is 4.98 Å². The molecule has 5 rings (SSSR count). The van der Waals surface area contributed by atoms with E-state index >= 15 is 0 Å². The number of carbonyl (C=O) groups is 1. The summed E-state index contributed by atoms with van der Waals surface area (Å²) in [5, 5.41) is 13.8. The molecule has 2 aromatic carbocycles. The largest absolute Gasteiger partial charge is 0.504 e. The zero-order valence-electron chi connectivity index (χ0n) is 21.7. The van der Waals surface area contributed by atoms with Gasteiger partial charge in [0.2, 0.25) is 5.88 Å². The molecule has 0 saturated carbocycles. The van der Waals surface area contributed by atoms with Crippen LogP contribution in [0.4, 0.5) is 16.0 Å². The monoisotopic (exact) mass is 515 g/mol. The Labute approximate surface area is 219 Å². The van der Waals surface area contributed by atoms with Crippen molar-refractivity contribution in [3.63, 3.8) is 0 Å². The fraction of sp³-hybridized carbons (Fsp3) is 0.300. The van der Waals surface area contributed by atoms with Crippen LogP contribution < -0.4 is 15.6 Å². The summed E-state index contributed by atoms with van der Waals surface area (Å²) in [6.07, 6.45) is 5.28. The van der Waals surface area contributed by atoms with Crippen LogP contribution in [0, 0.1) is 19.7 Å². The first-order valence-electron chi connectivity index (χ1n) is 12.8. The summed E-state index contributed by atoms with van der Waals surface area (Å²) in [6, 6.07) is 9.66. The normalized spacial score (nSPS) is 14.5. The Bertz CT molecular complexity index is 1590. The molecule has 1 aliphatic rings. The summed E-state index contributed by atoms with van der Waals surface area (Å²) in [7, 11) is 0. The number of halogens is 1. The van der Waals surface area contributed by atoms with E-state index in [4.69, 9.17) is 4.42 Å². The first kappa shape index (κ1) is 25.4. The molecule has 4 aromatic rings. The lowest BCUT2D eigenvalue weighted by Gasteiger charge is -2.29. The number of carbonyl (C=O) groups excluding carboxylic acids is 1. The van der Waals surface area contributed by atoms with E-state index < -0.39 is 11.6 Å². The summed E-state index contributed by atoms with van der Waals surface area (Å²) in [5.74, 6) is -0.965. The summed E-state index contributed by atoms with van der Waals surface area (Å²) in [6.45, 7) is 7.44. The number of nitrogens with one attached hydrogen (secondary N) is 1. The number of piperidine rings is 1. The predicted molar refractivity (Wildman–Crippen MR) is 147 cm³/mol. The number of anilines is 2. The van der Waals surface area contributed by atoms with Gasteiger partial charge in [0.25, 0.3) is 0 Å². The Balaban J connectivity index is 1.59. The number of fused-ring (bicyclic) bond motifs is 1. The van der Waals surface area contributed by atoms with Crippen LogP contribution in [0.3, 0.4) is 0 Å². The third-order valence-corrected chi connectivity index (χ3v) is 7.15. The standard InChI is InChI=1S/C30H30FN3O4/c1-17-12-22(29-23(13-17)27(36)18(2)30(38-29)34-10-5-4-6-11-34)19(3)33-25-8-7-9-32-26(25)20-14-21(16-35)28(37)24(31)15-20/h7-9,12-16,19,33,37H,4-6,10-11H2,1-3H3. The molecule has 1 saturated heterocycles. The van der Waals surface area contributed by atoms with Crippen LogP contribution in [0.5, 0.6) is 5.75 Å². The first-order chi connectivity index (χ1) is 18.3. The van der Waals surface area contributed by atoms with Crippen molar-refractivity contribution >= 4 is 28.8 Å². The minimum atomic E-state index is -0.902. The van der Waals surface area contributed by atoms with Gasteiger partial charge in [-0.2, -0.15) is 0 Å². The molecule has 1 unspecified atom stereocenters. The quantitative estimate of drug-likeness (QED) is 0.291. The summed E-state index contributed by atoms with van der Waals surface area (Å²) >= 11 is 0. The van der Waals surface area contributed by atoms with Gasteiger partial charge in [0, 0.05) is 30.4 Å². The van der Waals surface area contributed by atoms with E-state index in [1.165, 1.54) is 12.5 Å². The molecule has 3 heterocycles. The molecule has 0 amide bonds. The number of phenols is 1. The average Bonchev–Trinajstić information content (AvgIpc) is 2.92. The second kappa shape index (κ2) is 10.3. The average molecular weight is 516 g/mol. The lowest BCUT2D eigenvalue weighted by molar-refractivity contribution is 0.112. The Morgan fingerprint density at radius 1 is 1.16 bits per heavy atom. The summed E-state index contributed by atoms with van der Waals surface area (Å²) in [5.41, 5.74) is 4.08. The van der Waals surface area contributed by atoms with Gasteiger partial charge in [-0.15, -0.1) is 0 Å². The van der Waals surface area contributed by atoms with E-state index in [2.05, 4.69) is 15.2 Å². The number of rotatable bonds is 6. The molecular formula is C30H30FN3O4. The highest BCUT2D eigenvalue weighted by Crippen LogP contribution is 2.35. The fourth-order valence-corrected chi connectivity index (χ4v) is 5.19. The summed E-state index contributed by atoms with van der Waals surface area (Å²) in [4.78, 5) is 31.4. The molecular weight excluding hydrogens is 485 g/mol.